The Morgan fingerprint density at radius 3 is 2.71 bits per heavy atom. The third-order valence-corrected chi connectivity index (χ3v) is 3.90. The molecule has 1 atom stereocenters. The number of nitrogens with one attached hydrogen (secondary N) is 1. The molecule has 0 saturated carbocycles. The monoisotopic (exact) mass is 356 g/mol. The van der Waals surface area contributed by atoms with Gasteiger partial charge >= 0.3 is 0 Å². The highest BCUT2D eigenvalue weighted by Gasteiger charge is 2.16. The predicted octanol–water partition coefficient (Wildman–Crippen LogP) is 3.83. The maximum Gasteiger partial charge on any atom is 0.270 e. The topological polar surface area (TPSA) is 72.2 Å². The van der Waals surface area contributed by atoms with E-state index in [2.05, 4.69) is 28.2 Å². The first-order valence-electron chi connectivity index (χ1n) is 7.08. The second-order valence-corrected chi connectivity index (χ2v) is 5.89. The highest BCUT2D eigenvalue weighted by Crippen LogP contribution is 2.18. The SMILES string of the molecule is CCCC(CCBr)CNC(=O)c1cc([N+](=O)[O-])ccc1C. The Kier molecular flexibility index (Phi) is 7.36. The largest absolute Gasteiger partial charge is 0.352 e. The maximum atomic E-state index is 12.2. The van der Waals surface area contributed by atoms with Crippen LogP contribution in [0.5, 0.6) is 0 Å². The van der Waals surface area contributed by atoms with Crippen LogP contribution in [0.1, 0.15) is 42.1 Å². The van der Waals surface area contributed by atoms with Gasteiger partial charge in [0.25, 0.3) is 11.6 Å². The number of benzene rings is 1. The summed E-state index contributed by atoms with van der Waals surface area (Å²) in [5.74, 6) is 0.184. The van der Waals surface area contributed by atoms with E-state index in [-0.39, 0.29) is 11.6 Å². The lowest BCUT2D eigenvalue weighted by Crippen LogP contribution is -2.30. The van der Waals surface area contributed by atoms with Gasteiger partial charge in [-0.2, -0.15) is 0 Å². The van der Waals surface area contributed by atoms with Gasteiger partial charge in [0.2, 0.25) is 0 Å². The fourth-order valence-electron chi connectivity index (χ4n) is 2.21. The number of hydrogen-bond acceptors (Lipinski definition) is 3. The second kappa shape index (κ2) is 8.77. The highest BCUT2D eigenvalue weighted by molar-refractivity contribution is 9.09. The average Bonchev–Trinajstić information content (AvgIpc) is 2.45. The normalized spacial score (nSPS) is 12.0. The number of aryl methyl sites for hydroxylation is 1. The predicted molar refractivity (Wildman–Crippen MR) is 87.0 cm³/mol. The summed E-state index contributed by atoms with van der Waals surface area (Å²) >= 11 is 3.42. The Bertz CT molecular complexity index is 500. The number of alkyl halides is 1. The molecule has 0 aromatic heterocycles. The number of nitro benzene ring substituents is 1. The van der Waals surface area contributed by atoms with Crippen LogP contribution in [-0.2, 0) is 0 Å². The molecule has 0 fully saturated rings. The quantitative estimate of drug-likeness (QED) is 0.437. The van der Waals surface area contributed by atoms with Crippen molar-refractivity contribution in [3.05, 3.63) is 39.4 Å². The van der Waals surface area contributed by atoms with Gasteiger partial charge in [0, 0.05) is 29.6 Å². The molecule has 6 heteroatoms. The van der Waals surface area contributed by atoms with Crippen molar-refractivity contribution < 1.29 is 9.72 Å². The van der Waals surface area contributed by atoms with E-state index in [9.17, 15) is 14.9 Å². The molecular weight excluding hydrogens is 336 g/mol. The minimum atomic E-state index is -0.485. The Morgan fingerprint density at radius 1 is 1.43 bits per heavy atom. The maximum absolute atomic E-state index is 12.2. The van der Waals surface area contributed by atoms with E-state index in [1.165, 1.54) is 12.1 Å². The number of nitrogens with zero attached hydrogens (tertiary/aromatic N) is 1. The molecule has 1 N–H and O–H groups in total. The third-order valence-electron chi connectivity index (χ3n) is 3.44. The van der Waals surface area contributed by atoms with Crippen molar-refractivity contribution in [3.8, 4) is 0 Å². The van der Waals surface area contributed by atoms with Gasteiger partial charge in [0.05, 0.1) is 4.92 Å². The van der Waals surface area contributed by atoms with Crippen LogP contribution in [0.15, 0.2) is 18.2 Å². The van der Waals surface area contributed by atoms with Gasteiger partial charge in [-0.25, -0.2) is 0 Å². The van der Waals surface area contributed by atoms with Crippen molar-refractivity contribution in [1.82, 2.24) is 5.32 Å². The molecule has 1 amide bonds. The Balaban J connectivity index is 2.74. The number of carbonyl (C=O) groups excluding carboxylic acids is 1. The fraction of sp³-hybridized carbons (Fsp3) is 0.533. The van der Waals surface area contributed by atoms with Crippen LogP contribution in [0.2, 0.25) is 0 Å². The first-order valence-corrected chi connectivity index (χ1v) is 8.21. The molecule has 1 unspecified atom stereocenters. The van der Waals surface area contributed by atoms with Gasteiger partial charge in [0.1, 0.15) is 0 Å². The van der Waals surface area contributed by atoms with Gasteiger partial charge in [0.15, 0.2) is 0 Å². The van der Waals surface area contributed by atoms with Gasteiger partial charge in [-0.3, -0.25) is 14.9 Å². The van der Waals surface area contributed by atoms with Crippen molar-refractivity contribution >= 4 is 27.5 Å². The smallest absolute Gasteiger partial charge is 0.270 e. The Morgan fingerprint density at radius 2 is 2.14 bits per heavy atom. The highest BCUT2D eigenvalue weighted by atomic mass is 79.9. The fourth-order valence-corrected chi connectivity index (χ4v) is 2.86. The molecule has 0 aliphatic heterocycles. The molecule has 5 nitrogen and oxygen atoms in total. The van der Waals surface area contributed by atoms with Crippen LogP contribution in [0, 0.1) is 23.0 Å². The molecule has 1 rings (SSSR count). The van der Waals surface area contributed by atoms with E-state index < -0.39 is 4.92 Å². The molecule has 0 heterocycles. The molecule has 0 bridgehead atoms. The van der Waals surface area contributed by atoms with Crippen molar-refractivity contribution in [1.29, 1.82) is 0 Å². The van der Waals surface area contributed by atoms with Crippen molar-refractivity contribution in [3.63, 3.8) is 0 Å². The van der Waals surface area contributed by atoms with E-state index in [0.717, 1.165) is 30.2 Å². The van der Waals surface area contributed by atoms with Crippen molar-refractivity contribution in [2.24, 2.45) is 5.92 Å². The van der Waals surface area contributed by atoms with Crippen LogP contribution in [-0.4, -0.2) is 22.7 Å². The molecule has 1 aromatic rings. The summed E-state index contributed by atoms with van der Waals surface area (Å²) in [6, 6.07) is 4.36. The van der Waals surface area contributed by atoms with Crippen LogP contribution < -0.4 is 5.32 Å². The number of rotatable bonds is 8. The van der Waals surface area contributed by atoms with Crippen molar-refractivity contribution in [2.75, 3.05) is 11.9 Å². The molecule has 0 spiro atoms. The summed E-state index contributed by atoms with van der Waals surface area (Å²) in [5, 5.41) is 14.6. The van der Waals surface area contributed by atoms with Crippen LogP contribution in [0.25, 0.3) is 0 Å². The summed E-state index contributed by atoms with van der Waals surface area (Å²) in [4.78, 5) is 22.5. The molecule has 21 heavy (non-hydrogen) atoms. The van der Waals surface area contributed by atoms with Gasteiger partial charge in [-0.05, 0) is 31.2 Å². The molecular formula is C15H21BrN2O3. The zero-order valence-corrected chi connectivity index (χ0v) is 14.0. The van der Waals surface area contributed by atoms with E-state index in [0.29, 0.717) is 18.0 Å². The lowest BCUT2D eigenvalue weighted by atomic mass is 10.0. The summed E-state index contributed by atoms with van der Waals surface area (Å²) in [6.45, 7) is 4.49. The minimum absolute atomic E-state index is 0.0590. The average molecular weight is 357 g/mol. The number of halogens is 1. The van der Waals surface area contributed by atoms with Crippen LogP contribution in [0.3, 0.4) is 0 Å². The van der Waals surface area contributed by atoms with Gasteiger partial charge in [-0.1, -0.05) is 35.3 Å². The summed E-state index contributed by atoms with van der Waals surface area (Å²) in [7, 11) is 0. The zero-order valence-electron chi connectivity index (χ0n) is 12.4. The molecule has 0 aliphatic carbocycles. The second-order valence-electron chi connectivity index (χ2n) is 5.10. The van der Waals surface area contributed by atoms with E-state index in [1.807, 2.05) is 0 Å². The Labute approximate surface area is 133 Å². The lowest BCUT2D eigenvalue weighted by Gasteiger charge is -2.16. The summed E-state index contributed by atoms with van der Waals surface area (Å²) in [6.07, 6.45) is 3.13. The number of non-ortho nitro benzene ring substituents is 1. The Hall–Kier alpha value is -1.43. The number of hydrogen-bond donors (Lipinski definition) is 1. The number of carbonyl (C=O) groups is 1. The molecule has 1 aromatic carbocycles. The molecule has 0 saturated heterocycles. The number of nitro groups is 1. The van der Waals surface area contributed by atoms with Crippen LogP contribution in [0.4, 0.5) is 5.69 Å². The molecule has 0 aliphatic rings. The minimum Gasteiger partial charge on any atom is -0.352 e. The van der Waals surface area contributed by atoms with Gasteiger partial charge in [-0.15, -0.1) is 0 Å². The molecule has 116 valence electrons. The summed E-state index contributed by atoms with van der Waals surface area (Å²) < 4.78 is 0. The zero-order chi connectivity index (χ0) is 15.8. The first kappa shape index (κ1) is 17.6. The van der Waals surface area contributed by atoms with E-state index >= 15 is 0 Å². The number of amides is 1. The van der Waals surface area contributed by atoms with Crippen molar-refractivity contribution in [2.45, 2.75) is 33.1 Å². The third kappa shape index (κ3) is 5.46. The van der Waals surface area contributed by atoms with Crippen LogP contribution >= 0.6 is 15.9 Å². The van der Waals surface area contributed by atoms with E-state index in [4.69, 9.17) is 0 Å². The first-order chi connectivity index (χ1) is 9.99. The lowest BCUT2D eigenvalue weighted by molar-refractivity contribution is -0.384. The van der Waals surface area contributed by atoms with Gasteiger partial charge < -0.3 is 5.32 Å². The van der Waals surface area contributed by atoms with E-state index in [1.54, 1.807) is 13.0 Å². The molecule has 0 radical (unpaired) electrons. The standard InChI is InChI=1S/C15H21BrN2O3/c1-3-4-12(7-8-16)10-17-15(19)14-9-13(18(20)21)6-5-11(14)2/h5-6,9,12H,3-4,7-8,10H2,1-2H3,(H,17,19). The summed E-state index contributed by atoms with van der Waals surface area (Å²) in [5.41, 5.74) is 1.06.